The van der Waals surface area contributed by atoms with Crippen molar-refractivity contribution in [2.24, 2.45) is 0 Å². The first-order chi connectivity index (χ1) is 16.6. The Morgan fingerprint density at radius 1 is 0.676 bits per heavy atom. The second-order valence-corrected chi connectivity index (χ2v) is 9.64. The molecule has 0 aliphatic heterocycles. The van der Waals surface area contributed by atoms with Crippen LogP contribution in [0.3, 0.4) is 0 Å². The summed E-state index contributed by atoms with van der Waals surface area (Å²) in [5, 5.41) is 7.39. The minimum absolute atomic E-state index is 0.222. The van der Waals surface area contributed by atoms with Gasteiger partial charge in [0.05, 0.1) is 16.9 Å². The van der Waals surface area contributed by atoms with Gasteiger partial charge in [-0.05, 0) is 36.4 Å². The summed E-state index contributed by atoms with van der Waals surface area (Å²) in [7, 11) is -3.76. The molecule has 2 N–H and O–H groups in total. The molecule has 3 aromatic heterocycles. The third-order valence-corrected chi connectivity index (χ3v) is 7.28. The molecule has 0 spiro atoms. The third kappa shape index (κ3) is 6.21. The average Bonchev–Trinajstić information content (AvgIpc) is 2.88. The quantitative estimate of drug-likeness (QED) is 0.303. The lowest BCUT2D eigenvalue weighted by atomic mass is 10.2. The molecule has 0 saturated heterocycles. The minimum Gasteiger partial charge on any atom is -0.310 e. The molecule has 8 nitrogen and oxygen atoms in total. The van der Waals surface area contributed by atoms with Crippen LogP contribution in [0.15, 0.2) is 90.2 Å². The highest BCUT2D eigenvalue weighted by Crippen LogP contribution is 2.23. The van der Waals surface area contributed by atoms with E-state index in [2.05, 4.69) is 25.6 Å². The largest absolute Gasteiger partial charge is 0.310 e. The molecule has 1 aromatic carbocycles. The van der Waals surface area contributed by atoms with Crippen LogP contribution in [0.25, 0.3) is 10.9 Å². The maximum absolute atomic E-state index is 13.7. The van der Waals surface area contributed by atoms with Gasteiger partial charge in [0.1, 0.15) is 4.90 Å². The number of hydrogen-bond acceptors (Lipinski definition) is 7. The second kappa shape index (κ2) is 11.8. The number of para-hydroxylation sites is 1. The van der Waals surface area contributed by atoms with Crippen LogP contribution in [0.4, 0.5) is 0 Å². The number of hydrogen-bond donors (Lipinski definition) is 2. The molecule has 3 heterocycles. The molecular weight excluding hydrogens is 448 g/mol. The van der Waals surface area contributed by atoms with Gasteiger partial charge in [-0.1, -0.05) is 30.3 Å². The van der Waals surface area contributed by atoms with E-state index >= 15 is 0 Å². The number of aromatic nitrogens is 3. The van der Waals surface area contributed by atoms with E-state index in [1.54, 1.807) is 36.8 Å². The lowest BCUT2D eigenvalue weighted by molar-refractivity contribution is 0.397. The Morgan fingerprint density at radius 3 is 1.85 bits per heavy atom. The van der Waals surface area contributed by atoms with Gasteiger partial charge in [-0.25, -0.2) is 8.42 Å². The SMILES string of the molecule is O=S(=O)(c1cccc2cccnc12)N(CCNCc1ccccn1)CCNCc1ccccn1. The van der Waals surface area contributed by atoms with Crippen molar-refractivity contribution in [3.63, 3.8) is 0 Å². The highest BCUT2D eigenvalue weighted by molar-refractivity contribution is 7.89. The summed E-state index contributed by atoms with van der Waals surface area (Å²) in [4.78, 5) is 13.2. The predicted molar refractivity (Wildman–Crippen MR) is 132 cm³/mol. The van der Waals surface area contributed by atoms with E-state index in [1.807, 2.05) is 48.5 Å². The van der Waals surface area contributed by atoms with Crippen molar-refractivity contribution < 1.29 is 8.42 Å². The Labute approximate surface area is 200 Å². The zero-order valence-corrected chi connectivity index (χ0v) is 19.7. The van der Waals surface area contributed by atoms with Crippen molar-refractivity contribution in [3.8, 4) is 0 Å². The van der Waals surface area contributed by atoms with Crippen molar-refractivity contribution in [2.75, 3.05) is 26.2 Å². The zero-order valence-electron chi connectivity index (χ0n) is 18.8. The summed E-state index contributed by atoms with van der Waals surface area (Å²) in [6.07, 6.45) is 5.11. The lowest BCUT2D eigenvalue weighted by Gasteiger charge is -2.23. The summed E-state index contributed by atoms with van der Waals surface area (Å²) < 4.78 is 28.9. The Hall–Kier alpha value is -3.24. The fraction of sp³-hybridized carbons (Fsp3) is 0.240. The lowest BCUT2D eigenvalue weighted by Crippen LogP contribution is -2.40. The first-order valence-corrected chi connectivity index (χ1v) is 12.6. The highest BCUT2D eigenvalue weighted by Gasteiger charge is 2.26. The second-order valence-electron chi connectivity index (χ2n) is 7.73. The standard InChI is InChI=1S/C25H28N6O2S/c32-34(33,24-11-5-7-21-8-6-14-30-25(21)24)31(17-15-26-19-22-9-1-3-12-28-22)18-16-27-20-23-10-2-4-13-29-23/h1-14,26-27H,15-20H2. The Bertz CT molecular complexity index is 1230. The van der Waals surface area contributed by atoms with E-state index in [-0.39, 0.29) is 4.90 Å². The third-order valence-electron chi connectivity index (χ3n) is 5.35. The molecule has 0 fully saturated rings. The van der Waals surface area contributed by atoms with Gasteiger partial charge in [-0.2, -0.15) is 4.31 Å². The van der Waals surface area contributed by atoms with Crippen LogP contribution in [0, 0.1) is 0 Å². The number of nitrogens with one attached hydrogen (secondary N) is 2. The van der Waals surface area contributed by atoms with Crippen molar-refractivity contribution in [1.82, 2.24) is 29.9 Å². The molecule has 0 aliphatic carbocycles. The van der Waals surface area contributed by atoms with Crippen molar-refractivity contribution >= 4 is 20.9 Å². The maximum atomic E-state index is 13.7. The number of fused-ring (bicyclic) bond motifs is 1. The fourth-order valence-electron chi connectivity index (χ4n) is 3.62. The molecule has 0 unspecified atom stereocenters. The van der Waals surface area contributed by atoms with Gasteiger partial charge in [0.25, 0.3) is 0 Å². The van der Waals surface area contributed by atoms with Gasteiger partial charge < -0.3 is 10.6 Å². The normalized spacial score (nSPS) is 11.8. The molecule has 176 valence electrons. The highest BCUT2D eigenvalue weighted by atomic mass is 32.2. The van der Waals surface area contributed by atoms with E-state index in [9.17, 15) is 8.42 Å². The molecule has 0 radical (unpaired) electrons. The number of rotatable bonds is 12. The van der Waals surface area contributed by atoms with Gasteiger partial charge >= 0.3 is 0 Å². The van der Waals surface area contributed by atoms with Crippen molar-refractivity contribution in [3.05, 3.63) is 96.7 Å². The van der Waals surface area contributed by atoms with Crippen LogP contribution in [0.2, 0.25) is 0 Å². The van der Waals surface area contributed by atoms with Crippen LogP contribution in [-0.2, 0) is 23.1 Å². The zero-order chi connectivity index (χ0) is 23.6. The molecule has 0 saturated carbocycles. The molecule has 9 heteroatoms. The monoisotopic (exact) mass is 476 g/mol. The van der Waals surface area contributed by atoms with E-state index < -0.39 is 10.0 Å². The van der Waals surface area contributed by atoms with Crippen LogP contribution < -0.4 is 10.6 Å². The Morgan fingerprint density at radius 2 is 1.26 bits per heavy atom. The molecule has 0 bridgehead atoms. The van der Waals surface area contributed by atoms with E-state index in [0.717, 1.165) is 16.8 Å². The Kier molecular flexibility index (Phi) is 8.26. The van der Waals surface area contributed by atoms with E-state index in [1.165, 1.54) is 4.31 Å². The molecule has 4 aromatic rings. The Balaban J connectivity index is 1.45. The molecule has 0 atom stereocenters. The molecule has 34 heavy (non-hydrogen) atoms. The summed E-state index contributed by atoms with van der Waals surface area (Å²) in [6, 6.07) is 20.4. The minimum atomic E-state index is -3.76. The summed E-state index contributed by atoms with van der Waals surface area (Å²) >= 11 is 0. The van der Waals surface area contributed by atoms with Gasteiger partial charge in [-0.15, -0.1) is 0 Å². The van der Waals surface area contributed by atoms with Crippen molar-refractivity contribution in [1.29, 1.82) is 0 Å². The number of pyridine rings is 3. The molecular formula is C25H28N6O2S. The average molecular weight is 477 g/mol. The van der Waals surface area contributed by atoms with Crippen LogP contribution in [0.5, 0.6) is 0 Å². The number of nitrogens with zero attached hydrogens (tertiary/aromatic N) is 4. The summed E-state index contributed by atoms with van der Waals surface area (Å²) in [5.41, 5.74) is 2.30. The topological polar surface area (TPSA) is 100 Å². The molecule has 4 rings (SSSR count). The summed E-state index contributed by atoms with van der Waals surface area (Å²) in [6.45, 7) is 2.78. The van der Waals surface area contributed by atoms with Crippen molar-refractivity contribution in [2.45, 2.75) is 18.0 Å². The molecule has 0 amide bonds. The van der Waals surface area contributed by atoms with E-state index in [4.69, 9.17) is 0 Å². The first kappa shape index (κ1) is 23.9. The van der Waals surface area contributed by atoms with E-state index in [0.29, 0.717) is 44.8 Å². The number of benzene rings is 1. The van der Waals surface area contributed by atoms with Gasteiger partial charge in [0, 0.05) is 63.2 Å². The smallest absolute Gasteiger partial charge is 0.245 e. The van der Waals surface area contributed by atoms with Crippen LogP contribution in [0.1, 0.15) is 11.4 Å². The molecule has 0 aliphatic rings. The van der Waals surface area contributed by atoms with Gasteiger partial charge in [0.15, 0.2) is 0 Å². The van der Waals surface area contributed by atoms with Gasteiger partial charge in [0.2, 0.25) is 10.0 Å². The first-order valence-electron chi connectivity index (χ1n) is 11.2. The number of sulfonamides is 1. The fourth-order valence-corrected chi connectivity index (χ4v) is 5.23. The van der Waals surface area contributed by atoms with Gasteiger partial charge in [-0.3, -0.25) is 15.0 Å². The van der Waals surface area contributed by atoms with Crippen LogP contribution >= 0.6 is 0 Å². The predicted octanol–water partition coefficient (Wildman–Crippen LogP) is 2.60. The van der Waals surface area contributed by atoms with Crippen LogP contribution in [-0.4, -0.2) is 53.9 Å². The maximum Gasteiger partial charge on any atom is 0.245 e. The summed E-state index contributed by atoms with van der Waals surface area (Å²) in [5.74, 6) is 0.